The Bertz CT molecular complexity index is 376. The first-order chi connectivity index (χ1) is 10.5. The molecular weight excluding hydrogens is 373 g/mol. The van der Waals surface area contributed by atoms with Crippen LogP contribution in [0.3, 0.4) is 0 Å². The molecule has 0 bridgehead atoms. The van der Waals surface area contributed by atoms with Gasteiger partial charge in [0.15, 0.2) is 16.6 Å². The zero-order chi connectivity index (χ0) is 19.4. The molecule has 1 N–H and O–H groups in total. The Morgan fingerprint density at radius 1 is 0.917 bits per heavy atom. The van der Waals surface area contributed by atoms with Gasteiger partial charge in [0.1, 0.15) is 0 Å². The maximum atomic E-state index is 11.0. The van der Waals surface area contributed by atoms with Gasteiger partial charge in [-0.05, 0) is 65.3 Å². The summed E-state index contributed by atoms with van der Waals surface area (Å²) in [6.45, 7) is 20.8. The van der Waals surface area contributed by atoms with Gasteiger partial charge in [0, 0.05) is 15.8 Å². The fourth-order valence-electron chi connectivity index (χ4n) is 2.25. The van der Waals surface area contributed by atoms with Crippen LogP contribution in [0, 0.1) is 0 Å². The molecule has 24 heavy (non-hydrogen) atoms. The maximum absolute atomic E-state index is 11.0. The minimum Gasteiger partial charge on any atom is -0.389 e. The number of hydrogen-bond acceptors (Lipinski definition) is 5. The fourth-order valence-corrected chi connectivity index (χ4v) is 6.07. The van der Waals surface area contributed by atoms with Crippen molar-refractivity contribution in [2.75, 3.05) is 0 Å². The zero-order valence-electron chi connectivity index (χ0n) is 17.6. The number of hydrogen-bond donors (Lipinski definition) is 1. The molecule has 0 rings (SSSR count). The van der Waals surface area contributed by atoms with Gasteiger partial charge in [-0.25, -0.2) is 4.89 Å². The van der Waals surface area contributed by atoms with Crippen LogP contribution in [0.5, 0.6) is 0 Å². The van der Waals surface area contributed by atoms with Crippen LogP contribution >= 0.6 is 0 Å². The number of aliphatic hydroxyl groups is 1. The summed E-state index contributed by atoms with van der Waals surface area (Å²) in [5.41, 5.74) is 0.0805. The van der Waals surface area contributed by atoms with E-state index >= 15 is 0 Å². The van der Waals surface area contributed by atoms with Crippen molar-refractivity contribution in [1.82, 2.24) is 0 Å². The first-order valence-corrected chi connectivity index (χ1v) is 20.3. The fraction of sp³-hybridized carbons (Fsp3) is 1.00. The highest BCUT2D eigenvalue weighted by Gasteiger charge is 2.51. The Morgan fingerprint density at radius 2 is 1.42 bits per heavy atom. The van der Waals surface area contributed by atoms with Crippen LogP contribution < -0.4 is 0 Å². The summed E-state index contributed by atoms with van der Waals surface area (Å²) in [6.07, 6.45) is 0.778. The second-order valence-electron chi connectivity index (χ2n) is 9.49. The van der Waals surface area contributed by atoms with E-state index in [-0.39, 0.29) is 5.54 Å². The van der Waals surface area contributed by atoms with Crippen molar-refractivity contribution in [1.29, 1.82) is 0 Å². The monoisotopic (exact) mass is 412 g/mol. The van der Waals surface area contributed by atoms with Gasteiger partial charge in [-0.1, -0.05) is 13.3 Å². The highest BCUT2D eigenvalue weighted by atomic mass is 28.4. The maximum Gasteiger partial charge on any atom is 0.241 e. The van der Waals surface area contributed by atoms with Gasteiger partial charge < -0.3 is 14.0 Å². The second-order valence-corrected chi connectivity index (χ2v) is 24.2. The van der Waals surface area contributed by atoms with Crippen LogP contribution in [0.2, 0.25) is 64.5 Å². The summed E-state index contributed by atoms with van der Waals surface area (Å²) in [7, 11) is -5.10. The molecule has 0 aromatic rings. The lowest BCUT2D eigenvalue weighted by Crippen LogP contribution is -2.59. The van der Waals surface area contributed by atoms with Crippen LogP contribution in [-0.4, -0.2) is 52.4 Å². The van der Waals surface area contributed by atoms with Gasteiger partial charge in [0.05, 0.1) is 0 Å². The second kappa shape index (κ2) is 9.04. The Balaban J connectivity index is 5.81. The first-order valence-electron chi connectivity index (χ1n) is 8.95. The van der Waals surface area contributed by atoms with Gasteiger partial charge >= 0.3 is 0 Å². The van der Waals surface area contributed by atoms with Crippen molar-refractivity contribution in [2.45, 2.75) is 96.3 Å². The average molecular weight is 413 g/mol. The van der Waals surface area contributed by atoms with E-state index in [0.717, 1.165) is 23.1 Å². The van der Waals surface area contributed by atoms with Crippen molar-refractivity contribution in [2.24, 2.45) is 0 Å². The molecule has 0 radical (unpaired) electrons. The topological polar surface area (TPSA) is 57.2 Å². The van der Waals surface area contributed by atoms with Gasteiger partial charge in [-0.2, -0.15) is 0 Å². The van der Waals surface area contributed by atoms with Crippen LogP contribution in [0.15, 0.2) is 0 Å². The highest BCUT2D eigenvalue weighted by molar-refractivity contribution is 6.70. The molecule has 0 heterocycles. The van der Waals surface area contributed by atoms with Crippen LogP contribution in [0.4, 0.5) is 0 Å². The molecule has 0 fully saturated rings. The Kier molecular flexibility index (Phi) is 9.30. The van der Waals surface area contributed by atoms with E-state index in [9.17, 15) is 5.11 Å². The molecule has 0 aliphatic rings. The summed E-state index contributed by atoms with van der Waals surface area (Å²) in [5.74, 6) is -1.23. The third-order valence-electron chi connectivity index (χ3n) is 3.11. The van der Waals surface area contributed by atoms with E-state index in [1.165, 1.54) is 0 Å². The molecule has 3 atom stereocenters. The molecule has 146 valence electrons. The highest BCUT2D eigenvalue weighted by Crippen LogP contribution is 2.39. The molecule has 5 nitrogen and oxygen atoms in total. The van der Waals surface area contributed by atoms with E-state index < -0.39 is 37.0 Å². The molecule has 9 heteroatoms. The molecule has 3 unspecified atom stereocenters. The lowest BCUT2D eigenvalue weighted by molar-refractivity contribution is -0.415. The van der Waals surface area contributed by atoms with Gasteiger partial charge in [-0.3, -0.25) is 4.58 Å². The summed E-state index contributed by atoms with van der Waals surface area (Å²) in [6, 6.07) is 0. The summed E-state index contributed by atoms with van der Waals surface area (Å²) < 4.78 is 18.2. The van der Waals surface area contributed by atoms with Crippen LogP contribution in [0.25, 0.3) is 0 Å². The zero-order valence-corrected chi connectivity index (χ0v) is 22.6. The van der Waals surface area contributed by atoms with Crippen LogP contribution in [-0.2, 0) is 18.3 Å². The van der Waals surface area contributed by atoms with Crippen molar-refractivity contribution in [3.63, 3.8) is 0 Å². The van der Waals surface area contributed by atoms with Crippen molar-refractivity contribution >= 4 is 35.2 Å². The van der Waals surface area contributed by atoms with E-state index in [1.807, 2.05) is 0 Å². The van der Waals surface area contributed by atoms with Gasteiger partial charge in [0.2, 0.25) is 20.4 Å². The first kappa shape index (κ1) is 24.7. The summed E-state index contributed by atoms with van der Waals surface area (Å²) in [5, 5.41) is 11.0. The van der Waals surface area contributed by atoms with Crippen LogP contribution in [0.1, 0.15) is 19.8 Å². The van der Waals surface area contributed by atoms with Crippen molar-refractivity contribution in [3.8, 4) is 0 Å². The molecule has 0 aliphatic heterocycles. The third kappa shape index (κ3) is 9.39. The van der Waals surface area contributed by atoms with E-state index in [1.54, 1.807) is 0 Å². The quantitative estimate of drug-likeness (QED) is 0.244. The average Bonchev–Trinajstić information content (AvgIpc) is 2.30. The van der Waals surface area contributed by atoms with E-state index in [2.05, 4.69) is 65.8 Å². The Hall–Kier alpha value is 0.668. The normalized spacial score (nSPS) is 19.1. The summed E-state index contributed by atoms with van der Waals surface area (Å²) in [4.78, 5) is 5.95. The molecule has 0 amide bonds. The molecule has 0 saturated carbocycles. The number of rotatable bonds is 11. The SMILES string of the molecule is CCCC([SiH3])C(OO[Si](C)(C)C)(O[Si](C)(C)C)C(O)O[Si](C)(C)C. The Labute approximate surface area is 155 Å². The van der Waals surface area contributed by atoms with Crippen molar-refractivity contribution in [3.05, 3.63) is 0 Å². The van der Waals surface area contributed by atoms with E-state index in [4.69, 9.17) is 18.3 Å². The predicted molar refractivity (Wildman–Crippen MR) is 112 cm³/mol. The standard InChI is InChI=1S/C15H40O5Si4/c1-11-12-13(21)15(19-23(5,6)7,18-20-24(8,9)10)14(16)17-22(2,3)4/h13-14,16H,11-12H2,1-10,21H3. The lowest BCUT2D eigenvalue weighted by atomic mass is 10.1. The molecule has 0 spiro atoms. The third-order valence-corrected chi connectivity index (χ3v) is 6.93. The molecule has 0 saturated heterocycles. The number of aliphatic hydroxyl groups excluding tert-OH is 1. The smallest absolute Gasteiger partial charge is 0.241 e. The summed E-state index contributed by atoms with van der Waals surface area (Å²) >= 11 is 0. The van der Waals surface area contributed by atoms with Crippen molar-refractivity contribution < 1.29 is 23.4 Å². The largest absolute Gasteiger partial charge is 0.389 e. The van der Waals surface area contributed by atoms with E-state index in [0.29, 0.717) is 0 Å². The predicted octanol–water partition coefficient (Wildman–Crippen LogP) is 3.44. The lowest BCUT2D eigenvalue weighted by Gasteiger charge is -2.46. The molecule has 0 aromatic carbocycles. The molecule has 0 aromatic heterocycles. The molecular formula is C15H40O5Si4. The van der Waals surface area contributed by atoms with Gasteiger partial charge in [0.25, 0.3) is 0 Å². The minimum atomic E-state index is -2.01. The minimum absolute atomic E-state index is 0.0805. The Morgan fingerprint density at radius 3 is 1.75 bits per heavy atom. The van der Waals surface area contributed by atoms with Gasteiger partial charge in [-0.15, -0.1) is 0 Å². The molecule has 0 aliphatic carbocycles.